The van der Waals surface area contributed by atoms with Crippen LogP contribution in [0.5, 0.6) is 11.5 Å². The maximum absolute atomic E-state index is 13.8. The fourth-order valence-corrected chi connectivity index (χ4v) is 6.74. The van der Waals surface area contributed by atoms with Crippen molar-refractivity contribution in [2.24, 2.45) is 14.1 Å². The van der Waals surface area contributed by atoms with E-state index in [2.05, 4.69) is 5.32 Å². The third-order valence-corrected chi connectivity index (χ3v) is 9.40. The van der Waals surface area contributed by atoms with Gasteiger partial charge in [0.15, 0.2) is 5.75 Å². The van der Waals surface area contributed by atoms with E-state index in [1.54, 1.807) is 52.2 Å². The normalized spacial score (nSPS) is 12.0. The molecule has 0 atom stereocenters. The third kappa shape index (κ3) is 5.99. The standard InChI is InChI=1S/C35H35N5O6S/c1-22-12-14-24(15-13-22)47(43,44)40-19-18-25-27(21-38(5)33(41)31(25)40)26-16-17-28-30(32(26)45-23-10-8-7-9-11-23)37-29(39(28)6)20-36-34(42)46-35(2,3)4/h7-19,21H,20H2,1-6H3,(H,36,42). The summed E-state index contributed by atoms with van der Waals surface area (Å²) in [5.41, 5.74) is 2.23. The SMILES string of the molecule is Cc1ccc(S(=O)(=O)n2ccc3c(-c4ccc5c(nc(CNC(=O)OC(C)(C)C)n5C)c4Oc4ccccc4)cn(C)c(=O)c32)cc1. The first-order chi connectivity index (χ1) is 22.2. The molecule has 3 heterocycles. The number of aromatic nitrogens is 4. The molecule has 0 aliphatic heterocycles. The highest BCUT2D eigenvalue weighted by atomic mass is 32.2. The lowest BCUT2D eigenvalue weighted by Crippen LogP contribution is -2.32. The minimum Gasteiger partial charge on any atom is -0.454 e. The van der Waals surface area contributed by atoms with Crippen molar-refractivity contribution >= 4 is 38.1 Å². The number of imidazole rings is 1. The van der Waals surface area contributed by atoms with Crippen molar-refractivity contribution in [3.8, 4) is 22.6 Å². The van der Waals surface area contributed by atoms with Crippen LogP contribution in [0.15, 0.2) is 94.9 Å². The van der Waals surface area contributed by atoms with Crippen LogP contribution >= 0.6 is 0 Å². The van der Waals surface area contributed by atoms with Crippen LogP contribution in [-0.4, -0.2) is 38.2 Å². The minimum absolute atomic E-state index is 0.0135. The lowest BCUT2D eigenvalue weighted by molar-refractivity contribution is 0.0522. The van der Waals surface area contributed by atoms with Gasteiger partial charge in [0.2, 0.25) is 0 Å². The second-order valence-corrected chi connectivity index (χ2v) is 14.1. The summed E-state index contributed by atoms with van der Waals surface area (Å²) in [5, 5.41) is 3.20. The molecule has 242 valence electrons. The van der Waals surface area contributed by atoms with Crippen molar-refractivity contribution in [3.63, 3.8) is 0 Å². The molecule has 0 aliphatic carbocycles. The van der Waals surface area contributed by atoms with Crippen LogP contribution in [0.2, 0.25) is 0 Å². The average molecular weight is 654 g/mol. The molecule has 6 rings (SSSR count). The summed E-state index contributed by atoms with van der Waals surface area (Å²) in [6.45, 7) is 7.35. The molecule has 0 radical (unpaired) electrons. The first kappa shape index (κ1) is 31.6. The van der Waals surface area contributed by atoms with Gasteiger partial charge in [-0.2, -0.15) is 0 Å². The van der Waals surface area contributed by atoms with Crippen molar-refractivity contribution in [1.29, 1.82) is 0 Å². The molecule has 47 heavy (non-hydrogen) atoms. The predicted octanol–water partition coefficient (Wildman–Crippen LogP) is 6.26. The summed E-state index contributed by atoms with van der Waals surface area (Å²) in [6, 6.07) is 21.1. The Labute approximate surface area is 272 Å². The van der Waals surface area contributed by atoms with E-state index in [0.29, 0.717) is 39.4 Å². The quantitative estimate of drug-likeness (QED) is 0.216. The topological polar surface area (TPSA) is 126 Å². The fourth-order valence-electron chi connectivity index (χ4n) is 5.40. The van der Waals surface area contributed by atoms with Crippen LogP contribution < -0.4 is 15.6 Å². The summed E-state index contributed by atoms with van der Waals surface area (Å²) in [5.74, 6) is 1.52. The van der Waals surface area contributed by atoms with Gasteiger partial charge in [0.05, 0.1) is 17.0 Å². The fraction of sp³-hybridized carbons (Fsp3) is 0.229. The minimum atomic E-state index is -4.09. The molecule has 0 bridgehead atoms. The van der Waals surface area contributed by atoms with Gasteiger partial charge in [-0.15, -0.1) is 0 Å². The number of carbonyl (C=O) groups excluding carboxylic acids is 1. The predicted molar refractivity (Wildman–Crippen MR) is 180 cm³/mol. The summed E-state index contributed by atoms with van der Waals surface area (Å²) in [4.78, 5) is 30.9. The highest BCUT2D eigenvalue weighted by Gasteiger charge is 2.26. The van der Waals surface area contributed by atoms with Gasteiger partial charge in [-0.25, -0.2) is 22.2 Å². The average Bonchev–Trinajstić information content (AvgIpc) is 3.61. The number of para-hydroxylation sites is 1. The Morgan fingerprint density at radius 2 is 1.64 bits per heavy atom. The molecule has 12 heteroatoms. The summed E-state index contributed by atoms with van der Waals surface area (Å²) >= 11 is 0. The summed E-state index contributed by atoms with van der Waals surface area (Å²) in [6.07, 6.45) is 2.51. The lowest BCUT2D eigenvalue weighted by atomic mass is 10.0. The van der Waals surface area contributed by atoms with Crippen LogP contribution in [0.25, 0.3) is 33.1 Å². The number of nitrogens with zero attached hydrogens (tertiary/aromatic N) is 4. The highest BCUT2D eigenvalue weighted by molar-refractivity contribution is 7.90. The van der Waals surface area contributed by atoms with E-state index in [1.807, 2.05) is 61.0 Å². The highest BCUT2D eigenvalue weighted by Crippen LogP contribution is 2.42. The summed E-state index contributed by atoms with van der Waals surface area (Å²) < 4.78 is 43.7. The van der Waals surface area contributed by atoms with Gasteiger partial charge in [0.25, 0.3) is 15.6 Å². The molecule has 3 aromatic carbocycles. The van der Waals surface area contributed by atoms with E-state index in [-0.39, 0.29) is 17.0 Å². The second-order valence-electron chi connectivity index (χ2n) is 12.3. The number of ether oxygens (including phenoxy) is 2. The maximum atomic E-state index is 13.8. The number of rotatable bonds is 7. The molecule has 0 aliphatic rings. The number of benzene rings is 3. The Kier molecular flexibility index (Phi) is 7.92. The van der Waals surface area contributed by atoms with E-state index in [1.165, 1.54) is 22.9 Å². The third-order valence-electron chi connectivity index (χ3n) is 7.71. The smallest absolute Gasteiger partial charge is 0.408 e. The van der Waals surface area contributed by atoms with Gasteiger partial charge in [0.1, 0.15) is 28.2 Å². The van der Waals surface area contributed by atoms with E-state index in [4.69, 9.17) is 14.5 Å². The van der Waals surface area contributed by atoms with E-state index < -0.39 is 27.3 Å². The molecular formula is C35H35N5O6S. The molecule has 0 fully saturated rings. The van der Waals surface area contributed by atoms with Crippen LogP contribution in [0.1, 0.15) is 32.2 Å². The van der Waals surface area contributed by atoms with Gasteiger partial charge in [-0.3, -0.25) is 4.79 Å². The van der Waals surface area contributed by atoms with E-state index >= 15 is 0 Å². The largest absolute Gasteiger partial charge is 0.454 e. The van der Waals surface area contributed by atoms with Crippen LogP contribution in [0.4, 0.5) is 4.79 Å². The number of amides is 1. The number of aryl methyl sites for hydroxylation is 3. The van der Waals surface area contributed by atoms with Gasteiger partial charge in [-0.1, -0.05) is 35.9 Å². The Hall–Kier alpha value is -5.36. The first-order valence-electron chi connectivity index (χ1n) is 15.0. The van der Waals surface area contributed by atoms with Crippen molar-refractivity contribution in [3.05, 3.63) is 107 Å². The first-order valence-corrected chi connectivity index (χ1v) is 16.4. The number of fused-ring (bicyclic) bond motifs is 2. The van der Waals surface area contributed by atoms with Gasteiger partial charge < -0.3 is 23.9 Å². The van der Waals surface area contributed by atoms with E-state index in [0.717, 1.165) is 15.1 Å². The molecule has 3 aromatic heterocycles. The van der Waals surface area contributed by atoms with Crippen molar-refractivity contribution < 1.29 is 22.7 Å². The Morgan fingerprint density at radius 3 is 2.32 bits per heavy atom. The molecule has 11 nitrogen and oxygen atoms in total. The number of alkyl carbamates (subject to hydrolysis) is 1. The Morgan fingerprint density at radius 1 is 0.936 bits per heavy atom. The molecular weight excluding hydrogens is 618 g/mol. The molecule has 1 N–H and O–H groups in total. The van der Waals surface area contributed by atoms with Gasteiger partial charge >= 0.3 is 6.09 Å². The van der Waals surface area contributed by atoms with Crippen molar-refractivity contribution in [2.75, 3.05) is 0 Å². The number of hydrogen-bond donors (Lipinski definition) is 1. The molecule has 6 aromatic rings. The zero-order chi connectivity index (χ0) is 33.7. The van der Waals surface area contributed by atoms with E-state index in [9.17, 15) is 18.0 Å². The zero-order valence-corrected chi connectivity index (χ0v) is 27.8. The lowest BCUT2D eigenvalue weighted by Gasteiger charge is -2.19. The molecule has 0 saturated heterocycles. The molecule has 1 amide bonds. The van der Waals surface area contributed by atoms with Gasteiger partial charge in [0, 0.05) is 43.0 Å². The van der Waals surface area contributed by atoms with Gasteiger partial charge in [-0.05, 0) is 70.2 Å². The summed E-state index contributed by atoms with van der Waals surface area (Å²) in [7, 11) is -0.663. The van der Waals surface area contributed by atoms with Crippen LogP contribution in [0.3, 0.4) is 0 Å². The maximum Gasteiger partial charge on any atom is 0.408 e. The number of pyridine rings is 1. The molecule has 0 unspecified atom stereocenters. The molecule has 0 spiro atoms. The Balaban J connectivity index is 1.53. The Bertz CT molecular complexity index is 2310. The van der Waals surface area contributed by atoms with Crippen molar-refractivity contribution in [2.45, 2.75) is 44.7 Å². The van der Waals surface area contributed by atoms with Crippen LogP contribution in [-0.2, 0) is 35.4 Å². The number of hydrogen-bond acceptors (Lipinski definition) is 7. The zero-order valence-electron chi connectivity index (χ0n) is 26.9. The van der Waals surface area contributed by atoms with Crippen molar-refractivity contribution in [1.82, 2.24) is 23.4 Å². The molecule has 0 saturated carbocycles. The second kappa shape index (κ2) is 11.8. The monoisotopic (exact) mass is 653 g/mol. The number of carbonyl (C=O) groups is 1. The van der Waals surface area contributed by atoms with Crippen LogP contribution in [0, 0.1) is 6.92 Å². The number of nitrogens with one attached hydrogen (secondary N) is 1.